The summed E-state index contributed by atoms with van der Waals surface area (Å²) in [7, 11) is 0. The van der Waals surface area contributed by atoms with Gasteiger partial charge in [0.2, 0.25) is 0 Å². The minimum absolute atomic E-state index is 0.949. The van der Waals surface area contributed by atoms with Crippen molar-refractivity contribution in [2.75, 3.05) is 19.6 Å². The van der Waals surface area contributed by atoms with Gasteiger partial charge in [0.1, 0.15) is 0 Å². The number of allylic oxidation sites excluding steroid dienone is 2. The standard InChI is InChI=1S/C15H23N/c1-2-13-8-16(9-14(13)3-1)10-15-7-11-4-5-12(15)6-11/h4-5,11-15H,1-3,6-10H2/t11?,12?,13-,14?,15?/m1/s1. The van der Waals surface area contributed by atoms with Crippen LogP contribution in [0.1, 0.15) is 32.1 Å². The minimum atomic E-state index is 0.949. The lowest BCUT2D eigenvalue weighted by Gasteiger charge is -2.25. The third-order valence-corrected chi connectivity index (χ3v) is 5.71. The Bertz CT molecular complexity index is 297. The molecule has 0 aromatic rings. The largest absolute Gasteiger partial charge is 0.302 e. The van der Waals surface area contributed by atoms with Gasteiger partial charge in [-0.15, -0.1) is 0 Å². The highest BCUT2D eigenvalue weighted by Gasteiger charge is 2.40. The number of hydrogen-bond donors (Lipinski definition) is 0. The van der Waals surface area contributed by atoms with Gasteiger partial charge in [-0.25, -0.2) is 0 Å². The summed E-state index contributed by atoms with van der Waals surface area (Å²) in [6.07, 6.45) is 12.5. The van der Waals surface area contributed by atoms with Crippen molar-refractivity contribution in [2.24, 2.45) is 29.6 Å². The van der Waals surface area contributed by atoms with E-state index >= 15 is 0 Å². The van der Waals surface area contributed by atoms with Crippen LogP contribution in [0.15, 0.2) is 12.2 Å². The van der Waals surface area contributed by atoms with Gasteiger partial charge in [-0.1, -0.05) is 18.6 Å². The predicted octanol–water partition coefficient (Wildman–Crippen LogP) is 2.93. The fraction of sp³-hybridized carbons (Fsp3) is 0.867. The third-order valence-electron chi connectivity index (χ3n) is 5.71. The van der Waals surface area contributed by atoms with Crippen molar-refractivity contribution in [2.45, 2.75) is 32.1 Å². The molecule has 0 N–H and O–H groups in total. The lowest BCUT2D eigenvalue weighted by atomic mass is 9.93. The van der Waals surface area contributed by atoms with E-state index in [-0.39, 0.29) is 0 Å². The molecular formula is C15H23N. The van der Waals surface area contributed by atoms with Gasteiger partial charge in [-0.2, -0.15) is 0 Å². The maximum absolute atomic E-state index is 2.80. The molecule has 16 heavy (non-hydrogen) atoms. The number of likely N-dealkylation sites (tertiary alicyclic amines) is 1. The summed E-state index contributed by atoms with van der Waals surface area (Å²) >= 11 is 0. The Labute approximate surface area is 98.9 Å². The van der Waals surface area contributed by atoms with Gasteiger partial charge >= 0.3 is 0 Å². The van der Waals surface area contributed by atoms with Crippen LogP contribution < -0.4 is 0 Å². The van der Waals surface area contributed by atoms with Crippen molar-refractivity contribution in [1.82, 2.24) is 4.90 Å². The van der Waals surface area contributed by atoms with E-state index in [0.29, 0.717) is 0 Å². The van der Waals surface area contributed by atoms with Gasteiger partial charge in [0, 0.05) is 19.6 Å². The smallest absolute Gasteiger partial charge is 0.00157 e. The maximum Gasteiger partial charge on any atom is 0.00157 e. The van der Waals surface area contributed by atoms with Crippen molar-refractivity contribution >= 4 is 0 Å². The van der Waals surface area contributed by atoms with E-state index in [1.54, 1.807) is 0 Å². The van der Waals surface area contributed by atoms with Crippen LogP contribution in [-0.4, -0.2) is 24.5 Å². The number of fused-ring (bicyclic) bond motifs is 3. The summed E-state index contributed by atoms with van der Waals surface area (Å²) in [5.41, 5.74) is 0. The molecule has 4 aliphatic rings. The Balaban J connectivity index is 1.37. The summed E-state index contributed by atoms with van der Waals surface area (Å²) in [5.74, 6) is 5.07. The van der Waals surface area contributed by atoms with Crippen LogP contribution in [0.25, 0.3) is 0 Å². The molecule has 3 aliphatic carbocycles. The second-order valence-electron chi connectivity index (χ2n) is 6.71. The molecule has 0 aromatic heterocycles. The molecule has 0 amide bonds. The topological polar surface area (TPSA) is 3.24 Å². The van der Waals surface area contributed by atoms with Crippen LogP contribution >= 0.6 is 0 Å². The van der Waals surface area contributed by atoms with Crippen molar-refractivity contribution in [3.63, 3.8) is 0 Å². The Morgan fingerprint density at radius 2 is 1.81 bits per heavy atom. The Kier molecular flexibility index (Phi) is 2.18. The molecule has 3 fully saturated rings. The molecule has 1 saturated heterocycles. The van der Waals surface area contributed by atoms with E-state index in [2.05, 4.69) is 17.1 Å². The monoisotopic (exact) mass is 217 g/mol. The van der Waals surface area contributed by atoms with Crippen LogP contribution in [-0.2, 0) is 0 Å². The van der Waals surface area contributed by atoms with Gasteiger partial charge in [-0.3, -0.25) is 0 Å². The van der Waals surface area contributed by atoms with E-state index in [9.17, 15) is 0 Å². The minimum Gasteiger partial charge on any atom is -0.302 e. The lowest BCUT2D eigenvalue weighted by Crippen LogP contribution is -2.30. The normalized spacial score (nSPS) is 50.4. The molecule has 0 spiro atoms. The van der Waals surface area contributed by atoms with Crippen LogP contribution in [0.4, 0.5) is 0 Å². The molecule has 4 unspecified atom stereocenters. The van der Waals surface area contributed by atoms with E-state index < -0.39 is 0 Å². The highest BCUT2D eigenvalue weighted by Crippen LogP contribution is 2.45. The third kappa shape index (κ3) is 1.48. The SMILES string of the molecule is C1=CC2CC1CC2CN1CC2CCC[C@@H]2C1. The van der Waals surface area contributed by atoms with Crippen molar-refractivity contribution < 1.29 is 0 Å². The molecule has 2 saturated carbocycles. The van der Waals surface area contributed by atoms with E-state index in [4.69, 9.17) is 0 Å². The molecule has 4 rings (SSSR count). The molecule has 88 valence electrons. The number of rotatable bonds is 2. The first-order chi connectivity index (χ1) is 7.88. The fourth-order valence-electron chi connectivity index (χ4n) is 4.92. The first kappa shape index (κ1) is 9.70. The summed E-state index contributed by atoms with van der Waals surface area (Å²) < 4.78 is 0. The highest BCUT2D eigenvalue weighted by atomic mass is 15.2. The first-order valence-electron chi connectivity index (χ1n) is 7.29. The average molecular weight is 217 g/mol. The summed E-state index contributed by atoms with van der Waals surface area (Å²) in [6.45, 7) is 4.28. The molecule has 1 heteroatoms. The van der Waals surface area contributed by atoms with Crippen LogP contribution in [0, 0.1) is 29.6 Å². The second kappa shape index (κ2) is 3.60. The van der Waals surface area contributed by atoms with Gasteiger partial charge in [-0.05, 0) is 55.3 Å². The van der Waals surface area contributed by atoms with Gasteiger partial charge in [0.25, 0.3) is 0 Å². The summed E-state index contributed by atoms with van der Waals surface area (Å²) in [4.78, 5) is 2.80. The van der Waals surface area contributed by atoms with Crippen LogP contribution in [0.2, 0.25) is 0 Å². The van der Waals surface area contributed by atoms with Gasteiger partial charge in [0.15, 0.2) is 0 Å². The number of hydrogen-bond acceptors (Lipinski definition) is 1. The summed E-state index contributed by atoms with van der Waals surface area (Å²) in [6, 6.07) is 0. The molecule has 0 radical (unpaired) electrons. The zero-order chi connectivity index (χ0) is 10.5. The molecule has 5 atom stereocenters. The maximum atomic E-state index is 2.80. The summed E-state index contributed by atoms with van der Waals surface area (Å²) in [5, 5.41) is 0. The van der Waals surface area contributed by atoms with E-state index in [0.717, 1.165) is 29.6 Å². The van der Waals surface area contributed by atoms with Crippen molar-refractivity contribution in [3.05, 3.63) is 12.2 Å². The zero-order valence-corrected chi connectivity index (χ0v) is 10.1. The quantitative estimate of drug-likeness (QED) is 0.643. The Morgan fingerprint density at radius 3 is 2.44 bits per heavy atom. The molecule has 1 heterocycles. The molecule has 0 aromatic carbocycles. The van der Waals surface area contributed by atoms with Gasteiger partial charge in [0.05, 0.1) is 0 Å². The second-order valence-corrected chi connectivity index (χ2v) is 6.71. The van der Waals surface area contributed by atoms with Crippen molar-refractivity contribution in [1.29, 1.82) is 0 Å². The zero-order valence-electron chi connectivity index (χ0n) is 10.1. The van der Waals surface area contributed by atoms with Crippen LogP contribution in [0.5, 0.6) is 0 Å². The average Bonchev–Trinajstić information content (AvgIpc) is 2.93. The highest BCUT2D eigenvalue weighted by molar-refractivity contribution is 5.10. The fourth-order valence-corrected chi connectivity index (χ4v) is 4.92. The van der Waals surface area contributed by atoms with E-state index in [1.165, 1.54) is 51.7 Å². The molecule has 2 bridgehead atoms. The van der Waals surface area contributed by atoms with Gasteiger partial charge < -0.3 is 4.90 Å². The van der Waals surface area contributed by atoms with Crippen molar-refractivity contribution in [3.8, 4) is 0 Å². The predicted molar refractivity (Wildman–Crippen MR) is 66.1 cm³/mol. The molecular weight excluding hydrogens is 194 g/mol. The molecule has 1 nitrogen and oxygen atoms in total. The lowest BCUT2D eigenvalue weighted by molar-refractivity contribution is 0.240. The number of nitrogens with zero attached hydrogens (tertiary/aromatic N) is 1. The Morgan fingerprint density at radius 1 is 1.00 bits per heavy atom. The van der Waals surface area contributed by atoms with E-state index in [1.807, 2.05) is 0 Å². The van der Waals surface area contributed by atoms with Crippen LogP contribution in [0.3, 0.4) is 0 Å². The first-order valence-corrected chi connectivity index (χ1v) is 7.29. The Hall–Kier alpha value is -0.300. The molecule has 1 aliphatic heterocycles.